The molecule has 0 aromatic carbocycles. The van der Waals surface area contributed by atoms with Gasteiger partial charge in [0.25, 0.3) is 5.82 Å². The smallest absolute Gasteiger partial charge is 0.296 e. The molecule has 2 rings (SSSR count). The van der Waals surface area contributed by atoms with Gasteiger partial charge in [0.15, 0.2) is 0 Å². The number of aromatic amines is 3. The highest BCUT2D eigenvalue weighted by Crippen LogP contribution is 2.09. The van der Waals surface area contributed by atoms with Gasteiger partial charge >= 0.3 is 11.3 Å². The third-order valence-corrected chi connectivity index (χ3v) is 1.88. The molecular weight excluding hydrogens is 182 g/mol. The number of aromatic nitrogens is 4. The first-order valence-electron chi connectivity index (χ1n) is 4.18. The number of hydrogen-bond donors (Lipinski definition) is 1. The van der Waals surface area contributed by atoms with Gasteiger partial charge in [0, 0.05) is 0 Å². The molecule has 14 heavy (non-hydrogen) atoms. The molecule has 0 aliphatic heterocycles. The van der Waals surface area contributed by atoms with E-state index >= 15 is 0 Å². The fourth-order valence-corrected chi connectivity index (χ4v) is 1.28. The quantitative estimate of drug-likeness (QED) is 0.606. The lowest BCUT2D eigenvalue weighted by molar-refractivity contribution is -0.392. The van der Waals surface area contributed by atoms with Gasteiger partial charge in [-0.3, -0.25) is 4.90 Å². The molecule has 0 spiro atoms. The Morgan fingerprint density at radius 1 is 1.50 bits per heavy atom. The first kappa shape index (κ1) is 8.61. The zero-order valence-electron chi connectivity index (χ0n) is 7.96. The Morgan fingerprint density at radius 3 is 3.00 bits per heavy atom. The Bertz CT molecular complexity index is 518. The second-order valence-electron chi connectivity index (χ2n) is 3.13. The number of anilines is 1. The normalized spacial score (nSPS) is 10.4. The Hall–Kier alpha value is -1.98. The molecular formula is C8H11N5O+2. The number of H-pyrrole nitrogens is 3. The minimum Gasteiger partial charge on any atom is -0.296 e. The van der Waals surface area contributed by atoms with Crippen LogP contribution < -0.4 is 20.6 Å². The van der Waals surface area contributed by atoms with Gasteiger partial charge in [-0.1, -0.05) is 0 Å². The highest BCUT2D eigenvalue weighted by atomic mass is 16.1. The molecule has 6 nitrogen and oxygen atoms in total. The number of hydrogen-bond acceptors (Lipinski definition) is 3. The second-order valence-corrected chi connectivity index (χ2v) is 3.13. The molecule has 3 N–H and O–H groups in total. The maximum atomic E-state index is 11.2. The van der Waals surface area contributed by atoms with Crippen LogP contribution in [0.3, 0.4) is 0 Å². The maximum Gasteiger partial charge on any atom is 0.470 e. The van der Waals surface area contributed by atoms with Crippen LogP contribution in [0.2, 0.25) is 0 Å². The predicted octanol–water partition coefficient (Wildman–Crippen LogP) is -1.38. The van der Waals surface area contributed by atoms with Gasteiger partial charge in [0.05, 0.1) is 20.3 Å². The minimum absolute atomic E-state index is 0.259. The molecule has 0 bridgehead atoms. The molecule has 0 aliphatic carbocycles. The average molecular weight is 193 g/mol. The van der Waals surface area contributed by atoms with E-state index in [1.165, 1.54) is 0 Å². The van der Waals surface area contributed by atoms with Crippen LogP contribution in [0.5, 0.6) is 0 Å². The number of fused-ring (bicyclic) bond motifs is 1. The molecule has 2 aromatic heterocycles. The van der Waals surface area contributed by atoms with Crippen molar-refractivity contribution in [2.75, 3.05) is 19.0 Å². The van der Waals surface area contributed by atoms with E-state index in [1.54, 1.807) is 17.3 Å². The Balaban J connectivity index is 2.87. The molecule has 2 aromatic rings. The van der Waals surface area contributed by atoms with Crippen LogP contribution in [0, 0.1) is 0 Å². The summed E-state index contributed by atoms with van der Waals surface area (Å²) < 4.78 is 0. The molecule has 0 aliphatic rings. The van der Waals surface area contributed by atoms with Gasteiger partial charge in [-0.05, 0) is 0 Å². The Labute approximate surface area is 79.6 Å². The summed E-state index contributed by atoms with van der Waals surface area (Å²) in [6.07, 6.45) is 3.30. The van der Waals surface area contributed by atoms with E-state index < -0.39 is 0 Å². The molecule has 0 saturated carbocycles. The van der Waals surface area contributed by atoms with Crippen molar-refractivity contribution in [2.24, 2.45) is 0 Å². The summed E-state index contributed by atoms with van der Waals surface area (Å²) >= 11 is 0. The van der Waals surface area contributed by atoms with Crippen molar-refractivity contribution < 1.29 is 9.97 Å². The minimum atomic E-state index is -0.259. The largest absolute Gasteiger partial charge is 0.470 e. The van der Waals surface area contributed by atoms with Crippen molar-refractivity contribution in [1.82, 2.24) is 9.97 Å². The van der Waals surface area contributed by atoms with Gasteiger partial charge < -0.3 is 0 Å². The van der Waals surface area contributed by atoms with Gasteiger partial charge in [0.1, 0.15) is 6.20 Å². The summed E-state index contributed by atoms with van der Waals surface area (Å²) in [5.41, 5.74) is 1.06. The molecule has 2 heterocycles. The summed E-state index contributed by atoms with van der Waals surface area (Å²) in [4.78, 5) is 25.4. The van der Waals surface area contributed by atoms with Crippen LogP contribution in [0.15, 0.2) is 17.2 Å². The fourth-order valence-electron chi connectivity index (χ4n) is 1.28. The fraction of sp³-hybridized carbons (Fsp3) is 0.250. The van der Waals surface area contributed by atoms with Crippen molar-refractivity contribution in [3.8, 4) is 0 Å². The third kappa shape index (κ3) is 1.30. The second kappa shape index (κ2) is 3.06. The Morgan fingerprint density at radius 2 is 2.29 bits per heavy atom. The summed E-state index contributed by atoms with van der Waals surface area (Å²) in [5.74, 6) is 0.681. The van der Waals surface area contributed by atoms with Crippen molar-refractivity contribution in [2.45, 2.75) is 0 Å². The molecule has 72 valence electrons. The lowest BCUT2D eigenvalue weighted by Crippen LogP contribution is -2.36. The summed E-state index contributed by atoms with van der Waals surface area (Å²) in [5, 5.41) is 0. The Kier molecular flexibility index (Phi) is 1.88. The predicted molar refractivity (Wildman–Crippen MR) is 49.8 cm³/mol. The molecule has 0 saturated heterocycles. The van der Waals surface area contributed by atoms with E-state index in [2.05, 4.69) is 19.9 Å². The van der Waals surface area contributed by atoms with E-state index in [9.17, 15) is 4.79 Å². The van der Waals surface area contributed by atoms with Crippen LogP contribution in [0.1, 0.15) is 0 Å². The van der Waals surface area contributed by atoms with E-state index in [-0.39, 0.29) is 5.69 Å². The van der Waals surface area contributed by atoms with Crippen molar-refractivity contribution in [1.29, 1.82) is 0 Å². The summed E-state index contributed by atoms with van der Waals surface area (Å²) in [6, 6.07) is 0. The van der Waals surface area contributed by atoms with E-state index in [1.807, 2.05) is 14.1 Å². The zero-order chi connectivity index (χ0) is 10.1. The van der Waals surface area contributed by atoms with Gasteiger partial charge in [-0.15, -0.1) is 0 Å². The highest BCUT2D eigenvalue weighted by molar-refractivity contribution is 5.77. The number of nitrogens with zero attached hydrogens (tertiary/aromatic N) is 2. The molecule has 0 atom stereocenters. The van der Waals surface area contributed by atoms with Crippen LogP contribution in [-0.4, -0.2) is 24.1 Å². The van der Waals surface area contributed by atoms with Crippen LogP contribution >= 0.6 is 0 Å². The van der Waals surface area contributed by atoms with E-state index in [0.29, 0.717) is 17.0 Å². The van der Waals surface area contributed by atoms with Crippen LogP contribution in [0.4, 0.5) is 5.82 Å². The summed E-state index contributed by atoms with van der Waals surface area (Å²) in [6.45, 7) is 0. The maximum absolute atomic E-state index is 11.2. The molecule has 0 amide bonds. The van der Waals surface area contributed by atoms with Gasteiger partial charge in [-0.25, -0.2) is 19.7 Å². The van der Waals surface area contributed by atoms with E-state index in [0.717, 1.165) is 0 Å². The molecule has 0 fully saturated rings. The first-order chi connectivity index (χ1) is 6.68. The third-order valence-electron chi connectivity index (χ3n) is 1.88. The summed E-state index contributed by atoms with van der Waals surface area (Å²) in [7, 11) is 3.69. The lowest BCUT2D eigenvalue weighted by atomic mass is 10.4. The average Bonchev–Trinajstić information content (AvgIpc) is 2.16. The monoisotopic (exact) mass is 193 g/mol. The van der Waals surface area contributed by atoms with Crippen molar-refractivity contribution in [3.63, 3.8) is 0 Å². The lowest BCUT2D eigenvalue weighted by Gasteiger charge is -2.04. The van der Waals surface area contributed by atoms with Gasteiger partial charge in [-0.2, -0.15) is 4.98 Å². The molecule has 6 heteroatoms. The van der Waals surface area contributed by atoms with Crippen LogP contribution in [0.25, 0.3) is 11.2 Å². The van der Waals surface area contributed by atoms with Crippen LogP contribution in [-0.2, 0) is 0 Å². The van der Waals surface area contributed by atoms with E-state index in [4.69, 9.17) is 0 Å². The molecule has 0 radical (unpaired) electrons. The van der Waals surface area contributed by atoms with Crippen molar-refractivity contribution in [3.05, 3.63) is 22.9 Å². The van der Waals surface area contributed by atoms with Crippen molar-refractivity contribution >= 4 is 17.0 Å². The zero-order valence-corrected chi connectivity index (χ0v) is 7.96. The first-order valence-corrected chi connectivity index (χ1v) is 4.18. The SMILES string of the molecule is CN(C)c1[nH+]c(=O)[nH]c2[nH+]ccnc12. The van der Waals surface area contributed by atoms with Gasteiger partial charge in [0.2, 0.25) is 5.52 Å². The topological polar surface area (TPSA) is 77.3 Å². The highest BCUT2D eigenvalue weighted by Gasteiger charge is 2.15. The molecule has 0 unspecified atom stereocenters. The standard InChI is InChI=1S/C8H9N5O/c1-13(2)7-5-6(10-4-3-9-5)11-8(14)12-7/h3-4H,1-2H3,(H,10,11,12,14)/p+2. The number of nitrogens with one attached hydrogen (secondary N) is 3. The number of rotatable bonds is 1.